The van der Waals surface area contributed by atoms with Crippen molar-refractivity contribution in [2.75, 3.05) is 0 Å². The molecule has 2 aliphatic heterocycles. The molecule has 6 atom stereocenters. The molecule has 128 valence electrons. The molecule has 0 radical (unpaired) electrons. The van der Waals surface area contributed by atoms with E-state index in [0.29, 0.717) is 36.3 Å². The third kappa shape index (κ3) is 1.99. The molecule has 3 nitrogen and oxygen atoms in total. The lowest BCUT2D eigenvalue weighted by Crippen LogP contribution is -2.51. The maximum absolute atomic E-state index is 7.35. The van der Waals surface area contributed by atoms with Crippen molar-refractivity contribution in [2.45, 2.75) is 113 Å². The second kappa shape index (κ2) is 4.74. The zero-order valence-electron chi connectivity index (χ0n) is 14.2. The number of hydrogen-bond donors (Lipinski definition) is 0. The van der Waals surface area contributed by atoms with Gasteiger partial charge in [0.2, 0.25) is 0 Å². The van der Waals surface area contributed by atoms with Crippen molar-refractivity contribution in [2.24, 2.45) is 11.8 Å². The number of fused-ring (bicyclic) bond motifs is 2. The van der Waals surface area contributed by atoms with Crippen molar-refractivity contribution in [3.63, 3.8) is 0 Å². The smallest absolute Gasteiger partial charge is 0.0897 e. The Kier molecular flexibility index (Phi) is 2.90. The number of epoxide rings is 2. The first-order valence-corrected chi connectivity index (χ1v) is 10.3. The lowest BCUT2D eigenvalue weighted by molar-refractivity contribution is -0.206. The van der Waals surface area contributed by atoms with Crippen LogP contribution >= 0.6 is 0 Å². The van der Waals surface area contributed by atoms with Crippen LogP contribution in [0, 0.1) is 11.8 Å². The molecule has 3 heteroatoms. The van der Waals surface area contributed by atoms with Gasteiger partial charge in [0.15, 0.2) is 0 Å². The van der Waals surface area contributed by atoms with Gasteiger partial charge in [-0.15, -0.1) is 0 Å². The molecular formula is C20H30O3. The lowest BCUT2D eigenvalue weighted by Gasteiger charge is -2.47. The van der Waals surface area contributed by atoms with Gasteiger partial charge in [0.05, 0.1) is 35.6 Å². The maximum atomic E-state index is 7.35. The van der Waals surface area contributed by atoms with E-state index in [1.165, 1.54) is 77.0 Å². The Bertz CT molecular complexity index is 447. The van der Waals surface area contributed by atoms with Crippen molar-refractivity contribution in [3.8, 4) is 0 Å². The van der Waals surface area contributed by atoms with Crippen LogP contribution in [-0.2, 0) is 14.2 Å². The van der Waals surface area contributed by atoms with Crippen LogP contribution in [0.15, 0.2) is 0 Å². The summed E-state index contributed by atoms with van der Waals surface area (Å²) in [7, 11) is 0. The Balaban J connectivity index is 1.31. The summed E-state index contributed by atoms with van der Waals surface area (Å²) in [5.74, 6) is 1.37. The van der Waals surface area contributed by atoms with Crippen LogP contribution in [0.5, 0.6) is 0 Å². The van der Waals surface area contributed by atoms with E-state index >= 15 is 0 Å². The number of hydrogen-bond acceptors (Lipinski definition) is 3. The molecule has 6 rings (SSSR count). The molecule has 0 N–H and O–H groups in total. The highest BCUT2D eigenvalue weighted by Gasteiger charge is 2.64. The molecule has 0 aromatic rings. The predicted octanol–water partition coefficient (Wildman–Crippen LogP) is 3.98. The highest BCUT2D eigenvalue weighted by molar-refractivity contribution is 5.13. The lowest BCUT2D eigenvalue weighted by atomic mass is 9.79. The Labute approximate surface area is 139 Å². The van der Waals surface area contributed by atoms with Gasteiger partial charge in [-0.2, -0.15) is 0 Å². The average Bonchev–Trinajstić information content (AvgIpc) is 3.19. The second-order valence-corrected chi connectivity index (χ2v) is 9.29. The Morgan fingerprint density at radius 2 is 1.04 bits per heavy atom. The van der Waals surface area contributed by atoms with Crippen molar-refractivity contribution < 1.29 is 14.2 Å². The normalized spacial score (nSPS) is 51.7. The Morgan fingerprint density at radius 1 is 0.609 bits per heavy atom. The molecule has 0 amide bonds. The molecule has 0 aromatic carbocycles. The van der Waals surface area contributed by atoms with E-state index in [9.17, 15) is 0 Å². The first kappa shape index (κ1) is 14.1. The van der Waals surface area contributed by atoms with Crippen LogP contribution in [0.4, 0.5) is 0 Å². The van der Waals surface area contributed by atoms with E-state index in [1.807, 2.05) is 0 Å². The fraction of sp³-hybridized carbons (Fsp3) is 1.00. The van der Waals surface area contributed by atoms with E-state index in [1.54, 1.807) is 0 Å². The molecule has 2 heterocycles. The molecule has 6 aliphatic rings. The molecule has 2 saturated heterocycles. The van der Waals surface area contributed by atoms with Crippen LogP contribution in [0.3, 0.4) is 0 Å². The van der Waals surface area contributed by atoms with Gasteiger partial charge in [-0.25, -0.2) is 0 Å². The van der Waals surface area contributed by atoms with Crippen LogP contribution in [0.2, 0.25) is 0 Å². The SMILES string of the molecule is C1CCC(OC2(C3CCC4OC43)CCCC2)(C2CCC3OC32)C1. The average molecular weight is 318 g/mol. The molecule has 0 aromatic heterocycles. The summed E-state index contributed by atoms with van der Waals surface area (Å²) in [6.07, 6.45) is 18.1. The van der Waals surface area contributed by atoms with Crippen LogP contribution < -0.4 is 0 Å². The van der Waals surface area contributed by atoms with E-state index in [0.717, 1.165) is 0 Å². The van der Waals surface area contributed by atoms with Crippen LogP contribution in [-0.4, -0.2) is 35.6 Å². The fourth-order valence-corrected chi connectivity index (χ4v) is 7.08. The highest BCUT2D eigenvalue weighted by Crippen LogP contribution is 2.60. The summed E-state index contributed by atoms with van der Waals surface area (Å²) in [4.78, 5) is 0. The van der Waals surface area contributed by atoms with Gasteiger partial charge >= 0.3 is 0 Å². The van der Waals surface area contributed by atoms with E-state index in [2.05, 4.69) is 0 Å². The van der Waals surface area contributed by atoms with Crippen molar-refractivity contribution in [1.29, 1.82) is 0 Å². The first-order chi connectivity index (χ1) is 11.3. The topological polar surface area (TPSA) is 34.3 Å². The summed E-state index contributed by atoms with van der Waals surface area (Å²) in [5.41, 5.74) is 0.292. The van der Waals surface area contributed by atoms with Crippen molar-refractivity contribution in [3.05, 3.63) is 0 Å². The molecule has 4 saturated carbocycles. The third-order valence-electron chi connectivity index (χ3n) is 8.22. The minimum Gasteiger partial charge on any atom is -0.369 e. The first-order valence-electron chi connectivity index (χ1n) is 10.3. The monoisotopic (exact) mass is 318 g/mol. The van der Waals surface area contributed by atoms with Gasteiger partial charge in [0.25, 0.3) is 0 Å². The summed E-state index contributed by atoms with van der Waals surface area (Å²) in [6.45, 7) is 0. The predicted molar refractivity (Wildman–Crippen MR) is 86.3 cm³/mol. The third-order valence-corrected chi connectivity index (χ3v) is 8.22. The van der Waals surface area contributed by atoms with Crippen molar-refractivity contribution >= 4 is 0 Å². The zero-order valence-corrected chi connectivity index (χ0v) is 14.2. The van der Waals surface area contributed by atoms with Gasteiger partial charge in [-0.1, -0.05) is 25.7 Å². The molecule has 6 unspecified atom stereocenters. The zero-order chi connectivity index (χ0) is 15.1. The molecule has 6 fully saturated rings. The summed E-state index contributed by atoms with van der Waals surface area (Å²) in [6, 6.07) is 0. The molecule has 0 spiro atoms. The molecule has 23 heavy (non-hydrogen) atoms. The summed E-state index contributed by atoms with van der Waals surface area (Å²) >= 11 is 0. The quantitative estimate of drug-likeness (QED) is 0.735. The second-order valence-electron chi connectivity index (χ2n) is 9.29. The maximum Gasteiger partial charge on any atom is 0.0897 e. The Morgan fingerprint density at radius 3 is 1.35 bits per heavy atom. The molecule has 0 bridgehead atoms. The van der Waals surface area contributed by atoms with Crippen LogP contribution in [0.25, 0.3) is 0 Å². The van der Waals surface area contributed by atoms with Gasteiger partial charge in [-0.05, 0) is 51.4 Å². The summed E-state index contributed by atoms with van der Waals surface area (Å²) < 4.78 is 19.3. The van der Waals surface area contributed by atoms with Crippen LogP contribution in [0.1, 0.15) is 77.0 Å². The highest BCUT2D eigenvalue weighted by atomic mass is 16.6. The number of ether oxygens (including phenoxy) is 3. The van der Waals surface area contributed by atoms with Crippen molar-refractivity contribution in [1.82, 2.24) is 0 Å². The van der Waals surface area contributed by atoms with Gasteiger partial charge in [0.1, 0.15) is 0 Å². The largest absolute Gasteiger partial charge is 0.369 e. The minimum absolute atomic E-state index is 0.146. The molecular weight excluding hydrogens is 288 g/mol. The van der Waals surface area contributed by atoms with E-state index < -0.39 is 0 Å². The van der Waals surface area contributed by atoms with Gasteiger partial charge in [-0.3, -0.25) is 0 Å². The van der Waals surface area contributed by atoms with E-state index in [-0.39, 0.29) is 11.2 Å². The Hall–Kier alpha value is -0.120. The molecule has 4 aliphatic carbocycles. The van der Waals surface area contributed by atoms with Gasteiger partial charge < -0.3 is 14.2 Å². The fourth-order valence-electron chi connectivity index (χ4n) is 7.08. The number of rotatable bonds is 4. The minimum atomic E-state index is 0.146. The van der Waals surface area contributed by atoms with E-state index in [4.69, 9.17) is 14.2 Å². The summed E-state index contributed by atoms with van der Waals surface area (Å²) in [5, 5.41) is 0. The standard InChI is InChI=1S/C20H30O3/c1-2-10-19(9-1,13-5-7-15-17(13)21-15)23-20(11-3-4-12-20)14-6-8-16-18(14)22-16/h13-18H,1-12H2. The van der Waals surface area contributed by atoms with Gasteiger partial charge in [0, 0.05) is 11.8 Å².